The Bertz CT molecular complexity index is 238. The molecule has 0 heterocycles. The fourth-order valence-corrected chi connectivity index (χ4v) is 1.12. The van der Waals surface area contributed by atoms with Crippen molar-refractivity contribution in [3.63, 3.8) is 0 Å². The first kappa shape index (κ1) is 15.9. The Morgan fingerprint density at radius 3 is 2.35 bits per heavy atom. The molecule has 6 heteroatoms. The van der Waals surface area contributed by atoms with E-state index in [2.05, 4.69) is 9.78 Å². The van der Waals surface area contributed by atoms with Crippen LogP contribution in [0.3, 0.4) is 0 Å². The number of aliphatic hydroxyl groups is 2. The van der Waals surface area contributed by atoms with E-state index in [4.69, 9.17) is 5.11 Å². The monoisotopic (exact) mass is 248 g/mol. The van der Waals surface area contributed by atoms with Gasteiger partial charge in [-0.05, 0) is 13.3 Å². The average Bonchev–Trinajstić information content (AvgIpc) is 2.26. The van der Waals surface area contributed by atoms with Crippen molar-refractivity contribution in [2.45, 2.75) is 58.2 Å². The summed E-state index contributed by atoms with van der Waals surface area (Å²) in [6.07, 6.45) is 0.992. The molecule has 0 amide bonds. The van der Waals surface area contributed by atoms with E-state index in [1.807, 2.05) is 6.92 Å². The second-order valence-corrected chi connectivity index (χ2v) is 3.89. The lowest BCUT2D eigenvalue weighted by molar-refractivity contribution is -0.265. The summed E-state index contributed by atoms with van der Waals surface area (Å²) in [4.78, 5) is 30.0. The molecule has 2 atom stereocenters. The predicted molar refractivity (Wildman–Crippen MR) is 58.6 cm³/mol. The van der Waals surface area contributed by atoms with Gasteiger partial charge in [-0.15, -0.1) is 0 Å². The molecule has 0 bridgehead atoms. The molecule has 100 valence electrons. The van der Waals surface area contributed by atoms with Gasteiger partial charge in [0.1, 0.15) is 0 Å². The quantitative estimate of drug-likeness (QED) is 0.391. The normalized spacial score (nSPS) is 13.9. The molecule has 0 saturated carbocycles. The molecule has 0 aliphatic heterocycles. The Labute approximate surface area is 100 Å². The Morgan fingerprint density at radius 1 is 1.18 bits per heavy atom. The zero-order valence-corrected chi connectivity index (χ0v) is 10.2. The maximum atomic E-state index is 11.1. The van der Waals surface area contributed by atoms with Gasteiger partial charge < -0.3 is 10.2 Å². The molecular weight excluding hydrogens is 228 g/mol. The molecule has 0 rings (SSSR count). The highest BCUT2D eigenvalue weighted by Gasteiger charge is 2.17. The molecule has 6 nitrogen and oxygen atoms in total. The highest BCUT2D eigenvalue weighted by Crippen LogP contribution is 2.07. The van der Waals surface area contributed by atoms with Crippen molar-refractivity contribution in [1.82, 2.24) is 0 Å². The van der Waals surface area contributed by atoms with Crippen LogP contribution in [0, 0.1) is 0 Å². The molecule has 0 fully saturated rings. The van der Waals surface area contributed by atoms with Gasteiger partial charge in [0.25, 0.3) is 0 Å². The maximum absolute atomic E-state index is 11.1. The van der Waals surface area contributed by atoms with E-state index in [0.717, 1.165) is 19.3 Å². The zero-order chi connectivity index (χ0) is 13.3. The summed E-state index contributed by atoms with van der Waals surface area (Å²) in [7, 11) is 0. The Balaban J connectivity index is 3.67. The van der Waals surface area contributed by atoms with Crippen LogP contribution >= 0.6 is 0 Å². The van der Waals surface area contributed by atoms with E-state index >= 15 is 0 Å². The van der Waals surface area contributed by atoms with Crippen LogP contribution in [0.25, 0.3) is 0 Å². The predicted octanol–water partition coefficient (Wildman–Crippen LogP) is 0.700. The van der Waals surface area contributed by atoms with Gasteiger partial charge in [0, 0.05) is 0 Å². The Morgan fingerprint density at radius 2 is 1.82 bits per heavy atom. The highest BCUT2D eigenvalue weighted by atomic mass is 17.2. The van der Waals surface area contributed by atoms with E-state index in [9.17, 15) is 14.7 Å². The smallest absolute Gasteiger partial charge is 0.383 e. The lowest BCUT2D eigenvalue weighted by atomic mass is 10.1. The van der Waals surface area contributed by atoms with Crippen LogP contribution in [0.2, 0.25) is 0 Å². The zero-order valence-electron chi connectivity index (χ0n) is 10.2. The molecule has 0 aliphatic rings. The van der Waals surface area contributed by atoms with E-state index < -0.39 is 24.1 Å². The van der Waals surface area contributed by atoms with Gasteiger partial charge in [0.05, 0.1) is 12.5 Å². The van der Waals surface area contributed by atoms with Crippen LogP contribution in [-0.4, -0.2) is 34.4 Å². The van der Waals surface area contributed by atoms with Crippen molar-refractivity contribution in [1.29, 1.82) is 0 Å². The van der Waals surface area contributed by atoms with Gasteiger partial charge in [0.15, 0.2) is 6.10 Å². The van der Waals surface area contributed by atoms with Crippen molar-refractivity contribution in [2.75, 3.05) is 0 Å². The van der Waals surface area contributed by atoms with E-state index in [1.54, 1.807) is 0 Å². The third-order valence-electron chi connectivity index (χ3n) is 2.10. The SMILES string of the molecule is CCCCCC(O)CC(=O)OOC(=O)C(C)O. The van der Waals surface area contributed by atoms with E-state index in [0.29, 0.717) is 6.42 Å². The van der Waals surface area contributed by atoms with Crippen LogP contribution in [0.1, 0.15) is 46.0 Å². The second-order valence-electron chi connectivity index (χ2n) is 3.89. The highest BCUT2D eigenvalue weighted by molar-refractivity contribution is 5.75. The third-order valence-corrected chi connectivity index (χ3v) is 2.10. The molecule has 0 aliphatic carbocycles. The number of hydrogen-bond acceptors (Lipinski definition) is 6. The van der Waals surface area contributed by atoms with Crippen LogP contribution in [0.15, 0.2) is 0 Å². The minimum atomic E-state index is -1.35. The largest absolute Gasteiger partial charge is 0.393 e. The molecule has 0 spiro atoms. The van der Waals surface area contributed by atoms with Crippen molar-refractivity contribution < 1.29 is 29.6 Å². The molecular formula is C11H20O6. The van der Waals surface area contributed by atoms with Gasteiger partial charge in [-0.2, -0.15) is 0 Å². The number of aliphatic hydroxyl groups excluding tert-OH is 2. The van der Waals surface area contributed by atoms with E-state index in [1.165, 1.54) is 6.92 Å². The lowest BCUT2D eigenvalue weighted by Gasteiger charge is -2.09. The minimum Gasteiger partial charge on any atom is -0.393 e. The lowest BCUT2D eigenvalue weighted by Crippen LogP contribution is -2.23. The maximum Gasteiger partial charge on any atom is 0.383 e. The van der Waals surface area contributed by atoms with Crippen LogP contribution in [0.4, 0.5) is 0 Å². The van der Waals surface area contributed by atoms with Crippen LogP contribution in [-0.2, 0) is 19.4 Å². The first-order valence-electron chi connectivity index (χ1n) is 5.74. The topological polar surface area (TPSA) is 93.1 Å². The Hall–Kier alpha value is -1.14. The summed E-state index contributed by atoms with van der Waals surface area (Å²) in [6, 6.07) is 0. The number of rotatable bonds is 7. The first-order valence-corrected chi connectivity index (χ1v) is 5.74. The molecule has 0 aromatic rings. The number of carbonyl (C=O) groups is 2. The Kier molecular flexibility index (Phi) is 8.35. The molecule has 0 aromatic heterocycles. The number of hydrogen-bond donors (Lipinski definition) is 2. The fraction of sp³-hybridized carbons (Fsp3) is 0.818. The molecule has 0 saturated heterocycles. The van der Waals surface area contributed by atoms with Gasteiger partial charge in [-0.1, -0.05) is 26.2 Å². The van der Waals surface area contributed by atoms with Gasteiger partial charge in [0.2, 0.25) is 0 Å². The summed E-state index contributed by atoms with van der Waals surface area (Å²) in [5.74, 6) is -1.87. The fourth-order valence-electron chi connectivity index (χ4n) is 1.12. The standard InChI is InChI=1S/C11H20O6/c1-3-4-5-6-9(13)7-10(14)16-17-11(15)8(2)12/h8-9,12-13H,3-7H2,1-2H3. The van der Waals surface area contributed by atoms with Crippen molar-refractivity contribution in [3.05, 3.63) is 0 Å². The average molecular weight is 248 g/mol. The van der Waals surface area contributed by atoms with Crippen molar-refractivity contribution in [3.8, 4) is 0 Å². The molecule has 2 N–H and O–H groups in total. The second kappa shape index (κ2) is 8.95. The number of unbranched alkanes of at least 4 members (excludes halogenated alkanes) is 2. The van der Waals surface area contributed by atoms with Crippen LogP contribution < -0.4 is 0 Å². The van der Waals surface area contributed by atoms with Crippen molar-refractivity contribution in [2.24, 2.45) is 0 Å². The molecule has 0 radical (unpaired) electrons. The summed E-state index contributed by atoms with van der Waals surface area (Å²) in [6.45, 7) is 3.23. The summed E-state index contributed by atoms with van der Waals surface area (Å²) >= 11 is 0. The van der Waals surface area contributed by atoms with Crippen molar-refractivity contribution >= 4 is 11.9 Å². The van der Waals surface area contributed by atoms with Gasteiger partial charge in [-0.25, -0.2) is 19.4 Å². The third kappa shape index (κ3) is 8.65. The summed E-state index contributed by atoms with van der Waals surface area (Å²) in [5, 5.41) is 18.2. The molecule has 17 heavy (non-hydrogen) atoms. The van der Waals surface area contributed by atoms with E-state index in [-0.39, 0.29) is 6.42 Å². The van der Waals surface area contributed by atoms with Gasteiger partial charge >= 0.3 is 11.9 Å². The molecule has 0 aromatic carbocycles. The molecule has 2 unspecified atom stereocenters. The number of carbonyl (C=O) groups excluding carboxylic acids is 2. The van der Waals surface area contributed by atoms with Gasteiger partial charge in [-0.3, -0.25) is 0 Å². The minimum absolute atomic E-state index is 0.225. The first-order chi connectivity index (χ1) is 7.97. The van der Waals surface area contributed by atoms with Crippen LogP contribution in [0.5, 0.6) is 0 Å². The summed E-state index contributed by atoms with van der Waals surface area (Å²) < 4.78 is 0. The summed E-state index contributed by atoms with van der Waals surface area (Å²) in [5.41, 5.74) is 0.